The molecule has 2 aliphatic heterocycles. The van der Waals surface area contributed by atoms with Crippen LogP contribution in [0.5, 0.6) is 0 Å². The minimum absolute atomic E-state index is 0.141. The molecule has 0 saturated carbocycles. The standard InChI is InChI=1S/C17H25N5O16P2/c1-4(23)12-9(26)8(25)11(28)16(36-12)37-40(32,33)38-39(30,31)34-2-5-7(24)10(27)15(35-5)22-3-19-6-13(22)20-17(18)21-14(6)29/h3,5,7-12,15-16,24-28H,2H2,1H3,(H,30,31)(H,32,33)(H3,18,20,21,29)/p-2. The summed E-state index contributed by atoms with van der Waals surface area (Å²) < 4.78 is 48.2. The number of fused-ring (bicyclic) bond motifs is 1. The van der Waals surface area contributed by atoms with Crippen LogP contribution in [0, 0.1) is 0 Å². The Labute approximate surface area is 221 Å². The van der Waals surface area contributed by atoms with E-state index in [-0.39, 0.29) is 17.1 Å². The normalized spacial score (nSPS) is 35.9. The van der Waals surface area contributed by atoms with Crippen LogP contribution in [0.2, 0.25) is 0 Å². The number of phosphoric acid groups is 2. The summed E-state index contributed by atoms with van der Waals surface area (Å²) in [5.74, 6) is -1.17. The maximum Gasteiger partial charge on any atom is 0.280 e. The molecule has 0 amide bonds. The molecule has 11 unspecified atom stereocenters. The lowest BCUT2D eigenvalue weighted by Gasteiger charge is -2.41. The van der Waals surface area contributed by atoms with E-state index in [0.29, 0.717) is 0 Å². The van der Waals surface area contributed by atoms with E-state index in [1.807, 2.05) is 0 Å². The summed E-state index contributed by atoms with van der Waals surface area (Å²) in [6, 6.07) is 0. The lowest BCUT2D eigenvalue weighted by molar-refractivity contribution is -0.297. The van der Waals surface area contributed by atoms with Gasteiger partial charge in [0.15, 0.2) is 29.5 Å². The molecule has 2 saturated heterocycles. The van der Waals surface area contributed by atoms with Gasteiger partial charge in [0.2, 0.25) is 5.95 Å². The van der Waals surface area contributed by atoms with Crippen LogP contribution in [-0.2, 0) is 36.8 Å². The van der Waals surface area contributed by atoms with E-state index in [1.165, 1.54) is 0 Å². The highest BCUT2D eigenvalue weighted by Gasteiger charge is 2.48. The first-order valence-electron chi connectivity index (χ1n) is 11.1. The van der Waals surface area contributed by atoms with Gasteiger partial charge in [-0.25, -0.2) is 9.29 Å². The van der Waals surface area contributed by atoms with Crippen molar-refractivity contribution in [2.24, 2.45) is 0 Å². The third kappa shape index (κ3) is 6.17. The maximum absolute atomic E-state index is 12.2. The molecule has 2 aromatic heterocycles. The fourth-order valence-corrected chi connectivity index (χ4v) is 6.04. The summed E-state index contributed by atoms with van der Waals surface area (Å²) >= 11 is 0. The smallest absolute Gasteiger partial charge is 0.280 e. The van der Waals surface area contributed by atoms with Crippen molar-refractivity contribution in [2.75, 3.05) is 12.3 Å². The van der Waals surface area contributed by atoms with Crippen LogP contribution >= 0.6 is 15.6 Å². The number of Topliss-reactive ketones (excluding diaryl/α,β-unsaturated/α-hetero) is 1. The molecule has 8 N–H and O–H groups in total. The largest absolute Gasteiger partial charge is 0.756 e. The number of carbonyl (C=O) groups is 1. The summed E-state index contributed by atoms with van der Waals surface area (Å²) in [4.78, 5) is 57.7. The Morgan fingerprint density at radius 1 is 1.10 bits per heavy atom. The molecule has 0 aliphatic carbocycles. The van der Waals surface area contributed by atoms with Crippen molar-refractivity contribution in [1.82, 2.24) is 19.5 Å². The lowest BCUT2D eigenvalue weighted by atomic mass is 9.97. The van der Waals surface area contributed by atoms with E-state index < -0.39 is 88.8 Å². The Balaban J connectivity index is 1.40. The number of rotatable bonds is 9. The number of ether oxygens (including phenoxy) is 2. The number of carbonyl (C=O) groups excluding carboxylic acids is 1. The molecule has 4 rings (SSSR count). The van der Waals surface area contributed by atoms with Gasteiger partial charge in [0, 0.05) is 0 Å². The van der Waals surface area contributed by atoms with Gasteiger partial charge in [0.05, 0.1) is 12.9 Å². The van der Waals surface area contributed by atoms with E-state index in [2.05, 4.69) is 28.3 Å². The van der Waals surface area contributed by atoms with Crippen LogP contribution in [0.1, 0.15) is 13.2 Å². The summed E-state index contributed by atoms with van der Waals surface area (Å²) in [5, 5.41) is 50.2. The van der Waals surface area contributed by atoms with Gasteiger partial charge in [0.1, 0.15) is 42.7 Å². The van der Waals surface area contributed by atoms with E-state index >= 15 is 0 Å². The number of hydrogen-bond acceptors (Lipinski definition) is 19. The van der Waals surface area contributed by atoms with Gasteiger partial charge in [0.25, 0.3) is 21.2 Å². The molecule has 21 nitrogen and oxygen atoms in total. The van der Waals surface area contributed by atoms with Crippen molar-refractivity contribution in [3.8, 4) is 0 Å². The van der Waals surface area contributed by atoms with Crippen LogP contribution in [0.15, 0.2) is 11.1 Å². The maximum atomic E-state index is 12.2. The minimum Gasteiger partial charge on any atom is -0.756 e. The molecule has 40 heavy (non-hydrogen) atoms. The molecule has 224 valence electrons. The number of aliphatic hydroxyl groups excluding tert-OH is 5. The second-order valence-corrected chi connectivity index (χ2v) is 11.6. The molecule has 0 spiro atoms. The van der Waals surface area contributed by atoms with E-state index in [4.69, 9.17) is 15.2 Å². The zero-order chi connectivity index (χ0) is 29.7. The molecule has 11 atom stereocenters. The van der Waals surface area contributed by atoms with Gasteiger partial charge < -0.3 is 55.1 Å². The van der Waals surface area contributed by atoms with Gasteiger partial charge in [-0.1, -0.05) is 0 Å². The first-order chi connectivity index (χ1) is 18.5. The number of nitrogens with one attached hydrogen (secondary N) is 1. The second kappa shape index (κ2) is 11.2. The number of aromatic amines is 1. The Bertz CT molecular complexity index is 1420. The molecule has 2 aliphatic rings. The highest BCUT2D eigenvalue weighted by atomic mass is 31.3. The molecule has 2 fully saturated rings. The van der Waals surface area contributed by atoms with E-state index in [1.54, 1.807) is 0 Å². The molecular weight excluding hydrogens is 592 g/mol. The van der Waals surface area contributed by atoms with E-state index in [0.717, 1.165) is 17.8 Å². The highest BCUT2D eigenvalue weighted by molar-refractivity contribution is 7.59. The van der Waals surface area contributed by atoms with Crippen molar-refractivity contribution < 1.29 is 72.1 Å². The van der Waals surface area contributed by atoms with Gasteiger partial charge in [-0.15, -0.1) is 0 Å². The molecular formula is C17H23N5O16P2-2. The fraction of sp³-hybridized carbons (Fsp3) is 0.647. The number of H-pyrrole nitrogens is 1. The van der Waals surface area contributed by atoms with Gasteiger partial charge in [-0.05, 0) is 6.92 Å². The Morgan fingerprint density at radius 2 is 1.77 bits per heavy atom. The topological polar surface area (TPSA) is 334 Å². The van der Waals surface area contributed by atoms with E-state index in [9.17, 15) is 54.0 Å². The van der Waals surface area contributed by atoms with Crippen LogP contribution < -0.4 is 21.1 Å². The quantitative estimate of drug-likeness (QED) is 0.129. The number of aliphatic hydroxyl groups is 5. The summed E-state index contributed by atoms with van der Waals surface area (Å²) in [6.07, 6.45) is -16.1. The van der Waals surface area contributed by atoms with Gasteiger partial charge in [-0.2, -0.15) is 4.98 Å². The predicted octanol–water partition coefficient (Wildman–Crippen LogP) is -5.30. The Morgan fingerprint density at radius 3 is 2.42 bits per heavy atom. The molecule has 23 heteroatoms. The zero-order valence-corrected chi connectivity index (χ0v) is 21.8. The van der Waals surface area contributed by atoms with Gasteiger partial charge in [-0.3, -0.25) is 32.8 Å². The number of aromatic nitrogens is 4. The van der Waals surface area contributed by atoms with Crippen molar-refractivity contribution in [2.45, 2.75) is 62.2 Å². The average Bonchev–Trinajstić information content (AvgIpc) is 3.38. The molecule has 0 radical (unpaired) electrons. The number of imidazole rings is 1. The number of anilines is 1. The first kappa shape index (κ1) is 30.8. The van der Waals surface area contributed by atoms with Crippen LogP contribution in [0.4, 0.5) is 5.95 Å². The molecule has 4 heterocycles. The number of nitrogen functional groups attached to an aromatic ring is 1. The summed E-state index contributed by atoms with van der Waals surface area (Å²) in [5.41, 5.74) is 4.47. The Hall–Kier alpha value is -2.20. The number of phosphoric ester groups is 2. The van der Waals surface area contributed by atoms with Crippen LogP contribution in [-0.4, -0.2) is 106 Å². The molecule has 2 aromatic rings. The lowest BCUT2D eigenvalue weighted by Crippen LogP contribution is -2.59. The number of nitrogens with two attached hydrogens (primary N) is 1. The zero-order valence-electron chi connectivity index (χ0n) is 20.0. The first-order valence-corrected chi connectivity index (χ1v) is 14.0. The predicted molar refractivity (Wildman–Crippen MR) is 119 cm³/mol. The number of ketones is 1. The number of nitrogens with zero attached hydrogens (tertiary/aromatic N) is 3. The van der Waals surface area contributed by atoms with Crippen LogP contribution in [0.3, 0.4) is 0 Å². The minimum atomic E-state index is -5.96. The van der Waals surface area contributed by atoms with Crippen LogP contribution in [0.25, 0.3) is 11.2 Å². The summed E-state index contributed by atoms with van der Waals surface area (Å²) in [6.45, 7) is -0.178. The molecule has 0 bridgehead atoms. The monoisotopic (exact) mass is 615 g/mol. The third-order valence-electron chi connectivity index (χ3n) is 5.86. The van der Waals surface area contributed by atoms with Crippen molar-refractivity contribution >= 4 is 38.5 Å². The third-order valence-corrected chi connectivity index (χ3v) is 8.39. The Kier molecular flexibility index (Phi) is 8.64. The van der Waals surface area contributed by atoms with Crippen molar-refractivity contribution in [3.05, 3.63) is 16.7 Å². The SMILES string of the molecule is CC(=O)C1OC(OP(=O)([O-])OP(=O)([O-])OCC2OC(n3cnc4c(=O)[nH]c(N)nc43)C(O)C2O)C(O)C(O)C1O. The van der Waals surface area contributed by atoms with Crippen molar-refractivity contribution in [3.63, 3.8) is 0 Å². The fourth-order valence-electron chi connectivity index (χ4n) is 3.95. The second-order valence-electron chi connectivity index (χ2n) is 8.71. The van der Waals surface area contributed by atoms with Crippen molar-refractivity contribution in [1.29, 1.82) is 0 Å². The number of hydrogen-bond donors (Lipinski definition) is 7. The average molecular weight is 615 g/mol. The highest BCUT2D eigenvalue weighted by Crippen LogP contribution is 2.57. The van der Waals surface area contributed by atoms with Gasteiger partial charge >= 0.3 is 0 Å². The summed E-state index contributed by atoms with van der Waals surface area (Å²) in [7, 11) is -11.8. The molecule has 0 aromatic carbocycles.